The van der Waals surface area contributed by atoms with Crippen molar-refractivity contribution in [1.82, 2.24) is 5.32 Å². The maximum Gasteiger partial charge on any atom is 0.319 e. The summed E-state index contributed by atoms with van der Waals surface area (Å²) in [6, 6.07) is 0. The fourth-order valence-electron chi connectivity index (χ4n) is 1.31. The molecule has 80 valence electrons. The molecule has 4 nitrogen and oxygen atoms in total. The first-order valence-corrected chi connectivity index (χ1v) is 5.01. The summed E-state index contributed by atoms with van der Waals surface area (Å²) in [5, 5.41) is 11.5. The van der Waals surface area contributed by atoms with Gasteiger partial charge in [-0.3, -0.25) is 9.59 Å². The average molecular weight is 199 g/mol. The molecule has 1 aliphatic carbocycles. The van der Waals surface area contributed by atoms with Crippen LogP contribution in [0.5, 0.6) is 0 Å². The number of amides is 1. The van der Waals surface area contributed by atoms with Gasteiger partial charge in [0.25, 0.3) is 0 Å². The summed E-state index contributed by atoms with van der Waals surface area (Å²) in [4.78, 5) is 22.2. The van der Waals surface area contributed by atoms with Gasteiger partial charge in [-0.1, -0.05) is 13.8 Å². The van der Waals surface area contributed by atoms with E-state index in [1.54, 1.807) is 0 Å². The van der Waals surface area contributed by atoms with Crippen LogP contribution in [0.3, 0.4) is 0 Å². The predicted molar refractivity (Wildman–Crippen MR) is 51.8 cm³/mol. The van der Waals surface area contributed by atoms with Gasteiger partial charge < -0.3 is 10.4 Å². The van der Waals surface area contributed by atoms with Crippen LogP contribution in [-0.2, 0) is 9.59 Å². The topological polar surface area (TPSA) is 66.4 Å². The Bertz CT molecular complexity index is 244. The van der Waals surface area contributed by atoms with Crippen molar-refractivity contribution in [3.05, 3.63) is 0 Å². The first-order valence-electron chi connectivity index (χ1n) is 5.01. The molecule has 1 amide bonds. The van der Waals surface area contributed by atoms with Gasteiger partial charge in [-0.15, -0.1) is 0 Å². The van der Waals surface area contributed by atoms with Crippen molar-refractivity contribution in [1.29, 1.82) is 0 Å². The highest BCUT2D eigenvalue weighted by Gasteiger charge is 2.56. The highest BCUT2D eigenvalue weighted by Crippen LogP contribution is 2.45. The highest BCUT2D eigenvalue weighted by molar-refractivity contribution is 6.04. The Kier molecular flexibility index (Phi) is 3.13. The number of carboxylic acid groups (broad SMARTS) is 1. The molecule has 2 N–H and O–H groups in total. The van der Waals surface area contributed by atoms with Gasteiger partial charge >= 0.3 is 5.97 Å². The van der Waals surface area contributed by atoms with Gasteiger partial charge in [0.15, 0.2) is 0 Å². The van der Waals surface area contributed by atoms with Crippen LogP contribution in [0.15, 0.2) is 0 Å². The smallest absolute Gasteiger partial charge is 0.319 e. The Labute approximate surface area is 83.7 Å². The summed E-state index contributed by atoms with van der Waals surface area (Å²) in [5.41, 5.74) is -1.09. The molecular formula is C10H17NO3. The van der Waals surface area contributed by atoms with Gasteiger partial charge in [-0.2, -0.15) is 0 Å². The Morgan fingerprint density at radius 2 is 2.00 bits per heavy atom. The standard InChI is InChI=1S/C10H17NO3/c1-7(2)3-6-11-8(12)10(4-5-10)9(13)14/h7H,3-6H2,1-2H3,(H,11,12)(H,13,14). The van der Waals surface area contributed by atoms with E-state index in [9.17, 15) is 9.59 Å². The van der Waals surface area contributed by atoms with E-state index < -0.39 is 11.4 Å². The Morgan fingerprint density at radius 3 is 2.36 bits per heavy atom. The van der Waals surface area contributed by atoms with Gasteiger partial charge in [-0.05, 0) is 25.2 Å². The highest BCUT2D eigenvalue weighted by atomic mass is 16.4. The molecule has 0 aromatic heterocycles. The third kappa shape index (κ3) is 2.25. The lowest BCUT2D eigenvalue weighted by Gasteiger charge is -2.11. The number of carboxylic acids is 1. The van der Waals surface area contributed by atoms with Crippen molar-refractivity contribution in [3.8, 4) is 0 Å². The molecule has 0 aromatic rings. The number of hydrogen-bond acceptors (Lipinski definition) is 2. The fourth-order valence-corrected chi connectivity index (χ4v) is 1.31. The second-order valence-corrected chi connectivity index (χ2v) is 4.33. The summed E-state index contributed by atoms with van der Waals surface area (Å²) in [7, 11) is 0. The minimum absolute atomic E-state index is 0.314. The molecule has 4 heteroatoms. The Hall–Kier alpha value is -1.06. The number of carbonyl (C=O) groups is 2. The van der Waals surface area contributed by atoms with Gasteiger partial charge in [0.05, 0.1) is 0 Å². The van der Waals surface area contributed by atoms with E-state index in [-0.39, 0.29) is 5.91 Å². The zero-order valence-electron chi connectivity index (χ0n) is 8.67. The molecule has 0 saturated heterocycles. The largest absolute Gasteiger partial charge is 0.480 e. The van der Waals surface area contributed by atoms with Crippen LogP contribution in [0.1, 0.15) is 33.1 Å². The summed E-state index contributed by atoms with van der Waals surface area (Å²) in [6.07, 6.45) is 1.85. The minimum atomic E-state index is -1.09. The van der Waals surface area contributed by atoms with Crippen molar-refractivity contribution < 1.29 is 14.7 Å². The lowest BCUT2D eigenvalue weighted by atomic mass is 10.1. The monoisotopic (exact) mass is 199 g/mol. The molecule has 0 spiro atoms. The molecule has 0 atom stereocenters. The summed E-state index contributed by atoms with van der Waals surface area (Å²) in [6.45, 7) is 4.71. The van der Waals surface area contributed by atoms with Crippen LogP contribution < -0.4 is 5.32 Å². The van der Waals surface area contributed by atoms with E-state index in [0.717, 1.165) is 6.42 Å². The quantitative estimate of drug-likeness (QED) is 0.649. The number of aliphatic carboxylic acids is 1. The van der Waals surface area contributed by atoms with Crippen molar-refractivity contribution in [2.75, 3.05) is 6.54 Å². The maximum atomic E-state index is 11.5. The first kappa shape index (κ1) is 11.0. The van der Waals surface area contributed by atoms with E-state index in [4.69, 9.17) is 5.11 Å². The third-order valence-corrected chi connectivity index (χ3v) is 2.60. The number of nitrogens with one attached hydrogen (secondary N) is 1. The molecule has 1 fully saturated rings. The number of hydrogen-bond donors (Lipinski definition) is 2. The summed E-state index contributed by atoms with van der Waals surface area (Å²) in [5.74, 6) is -0.777. The van der Waals surface area contributed by atoms with Crippen molar-refractivity contribution in [3.63, 3.8) is 0 Å². The molecule has 0 unspecified atom stereocenters. The molecular weight excluding hydrogens is 182 g/mol. The molecule has 14 heavy (non-hydrogen) atoms. The zero-order chi connectivity index (χ0) is 10.8. The van der Waals surface area contributed by atoms with Gasteiger partial charge in [0.2, 0.25) is 5.91 Å². The fraction of sp³-hybridized carbons (Fsp3) is 0.800. The second-order valence-electron chi connectivity index (χ2n) is 4.33. The lowest BCUT2D eigenvalue weighted by molar-refractivity contribution is -0.149. The van der Waals surface area contributed by atoms with E-state index in [1.807, 2.05) is 0 Å². The van der Waals surface area contributed by atoms with Crippen LogP contribution in [-0.4, -0.2) is 23.5 Å². The molecule has 0 radical (unpaired) electrons. The van der Waals surface area contributed by atoms with E-state index >= 15 is 0 Å². The molecule has 1 rings (SSSR count). The van der Waals surface area contributed by atoms with Crippen LogP contribution in [0.2, 0.25) is 0 Å². The van der Waals surface area contributed by atoms with E-state index in [1.165, 1.54) is 0 Å². The van der Waals surface area contributed by atoms with Gasteiger partial charge in [-0.25, -0.2) is 0 Å². The number of carbonyl (C=O) groups excluding carboxylic acids is 1. The normalized spacial score (nSPS) is 17.9. The SMILES string of the molecule is CC(C)CCNC(=O)C1(C(=O)O)CC1. The van der Waals surface area contributed by atoms with Crippen molar-refractivity contribution >= 4 is 11.9 Å². The van der Waals surface area contributed by atoms with Gasteiger partial charge in [0.1, 0.15) is 5.41 Å². The summed E-state index contributed by atoms with van der Waals surface area (Å²) < 4.78 is 0. The minimum Gasteiger partial charge on any atom is -0.480 e. The zero-order valence-corrected chi connectivity index (χ0v) is 8.67. The van der Waals surface area contributed by atoms with Gasteiger partial charge in [0, 0.05) is 6.54 Å². The van der Waals surface area contributed by atoms with Crippen LogP contribution in [0.25, 0.3) is 0 Å². The first-order chi connectivity index (χ1) is 6.49. The number of rotatable bonds is 5. The maximum absolute atomic E-state index is 11.5. The van der Waals surface area contributed by atoms with E-state index in [0.29, 0.717) is 25.3 Å². The predicted octanol–water partition coefficient (Wildman–Crippen LogP) is 1.01. The van der Waals surface area contributed by atoms with Crippen molar-refractivity contribution in [2.45, 2.75) is 33.1 Å². The molecule has 0 aromatic carbocycles. The third-order valence-electron chi connectivity index (χ3n) is 2.60. The van der Waals surface area contributed by atoms with Crippen LogP contribution in [0, 0.1) is 11.3 Å². The van der Waals surface area contributed by atoms with Crippen LogP contribution in [0.4, 0.5) is 0 Å². The lowest BCUT2D eigenvalue weighted by Crippen LogP contribution is -2.37. The van der Waals surface area contributed by atoms with E-state index in [2.05, 4.69) is 19.2 Å². The summed E-state index contributed by atoms with van der Waals surface area (Å²) >= 11 is 0. The molecule has 1 aliphatic rings. The van der Waals surface area contributed by atoms with Crippen LogP contribution >= 0.6 is 0 Å². The second kappa shape index (κ2) is 3.98. The molecule has 0 bridgehead atoms. The Balaban J connectivity index is 2.32. The molecule has 1 saturated carbocycles. The average Bonchev–Trinajstić information content (AvgIpc) is 2.82. The molecule has 0 aliphatic heterocycles. The Morgan fingerprint density at radius 1 is 1.43 bits per heavy atom. The molecule has 0 heterocycles. The van der Waals surface area contributed by atoms with Crippen molar-refractivity contribution in [2.24, 2.45) is 11.3 Å².